The molecule has 0 aliphatic rings. The molecule has 2 heterocycles. The van der Waals surface area contributed by atoms with Crippen LogP contribution in [-0.2, 0) is 6.61 Å². The molecule has 4 rings (SSSR count). The Balaban J connectivity index is 1.60. The van der Waals surface area contributed by atoms with E-state index < -0.39 is 0 Å². The number of hydrogen-bond acceptors (Lipinski definition) is 5. The van der Waals surface area contributed by atoms with E-state index in [1.165, 1.54) is 5.56 Å². The van der Waals surface area contributed by atoms with Gasteiger partial charge in [0.15, 0.2) is 0 Å². The van der Waals surface area contributed by atoms with Crippen molar-refractivity contribution in [2.24, 2.45) is 0 Å². The Morgan fingerprint density at radius 3 is 2.37 bits per heavy atom. The first-order chi connectivity index (χ1) is 13.2. The fourth-order valence-electron chi connectivity index (χ4n) is 2.64. The van der Waals surface area contributed by atoms with Crippen LogP contribution in [0.2, 0.25) is 5.15 Å². The van der Waals surface area contributed by atoms with Crippen LogP contribution in [0, 0.1) is 6.92 Å². The highest BCUT2D eigenvalue weighted by Gasteiger charge is 2.16. The summed E-state index contributed by atoms with van der Waals surface area (Å²) in [6.07, 6.45) is 1.61. The standard InChI is InChI=1S/C21H16ClN3O2/c1-14-8-10-16(11-9-14)26-13-15-5-2-3-6-17(15)20-24-25-21(27-20)18-7-4-12-23-19(18)22/h2-12H,13H2,1H3. The average molecular weight is 378 g/mol. The summed E-state index contributed by atoms with van der Waals surface area (Å²) in [6, 6.07) is 19.3. The summed E-state index contributed by atoms with van der Waals surface area (Å²) >= 11 is 6.12. The zero-order valence-corrected chi connectivity index (χ0v) is 15.3. The summed E-state index contributed by atoms with van der Waals surface area (Å²) in [7, 11) is 0. The van der Waals surface area contributed by atoms with Crippen molar-refractivity contribution in [1.29, 1.82) is 0 Å². The first-order valence-electron chi connectivity index (χ1n) is 8.43. The second-order valence-electron chi connectivity index (χ2n) is 6.01. The molecular formula is C21H16ClN3O2. The Labute approximate surface area is 161 Å². The molecule has 0 bridgehead atoms. The molecule has 5 nitrogen and oxygen atoms in total. The van der Waals surface area contributed by atoms with Gasteiger partial charge in [0.05, 0.1) is 5.56 Å². The molecule has 0 aliphatic carbocycles. The Hall–Kier alpha value is -3.18. The van der Waals surface area contributed by atoms with Gasteiger partial charge in [0.2, 0.25) is 5.89 Å². The lowest BCUT2D eigenvalue weighted by Crippen LogP contribution is -1.98. The van der Waals surface area contributed by atoms with Crippen molar-refractivity contribution in [2.45, 2.75) is 13.5 Å². The molecule has 27 heavy (non-hydrogen) atoms. The summed E-state index contributed by atoms with van der Waals surface area (Å²) in [5.74, 6) is 1.55. The van der Waals surface area contributed by atoms with Gasteiger partial charge in [0.25, 0.3) is 5.89 Å². The van der Waals surface area contributed by atoms with E-state index in [4.69, 9.17) is 20.8 Å². The van der Waals surface area contributed by atoms with Crippen molar-refractivity contribution in [2.75, 3.05) is 0 Å². The minimum atomic E-state index is 0.323. The van der Waals surface area contributed by atoms with Crippen molar-refractivity contribution in [3.05, 3.63) is 83.1 Å². The van der Waals surface area contributed by atoms with Gasteiger partial charge in [-0.1, -0.05) is 47.5 Å². The van der Waals surface area contributed by atoms with E-state index in [2.05, 4.69) is 15.2 Å². The maximum Gasteiger partial charge on any atom is 0.251 e. The van der Waals surface area contributed by atoms with Gasteiger partial charge in [0.1, 0.15) is 17.5 Å². The molecule has 0 radical (unpaired) electrons. The molecule has 0 N–H and O–H groups in total. The number of aryl methyl sites for hydroxylation is 1. The zero-order chi connectivity index (χ0) is 18.6. The summed E-state index contributed by atoms with van der Waals surface area (Å²) in [5.41, 5.74) is 3.57. The molecule has 0 aliphatic heterocycles. The van der Waals surface area contributed by atoms with Gasteiger partial charge in [0, 0.05) is 17.3 Å². The van der Waals surface area contributed by atoms with Crippen molar-refractivity contribution in [1.82, 2.24) is 15.2 Å². The smallest absolute Gasteiger partial charge is 0.251 e. The van der Waals surface area contributed by atoms with Crippen molar-refractivity contribution in [3.63, 3.8) is 0 Å². The normalized spacial score (nSPS) is 10.7. The summed E-state index contributed by atoms with van der Waals surface area (Å²) in [6.45, 7) is 2.44. The van der Waals surface area contributed by atoms with E-state index >= 15 is 0 Å². The highest BCUT2D eigenvalue weighted by atomic mass is 35.5. The second-order valence-corrected chi connectivity index (χ2v) is 6.37. The van der Waals surface area contributed by atoms with E-state index in [1.54, 1.807) is 18.3 Å². The van der Waals surface area contributed by atoms with Crippen LogP contribution in [0.4, 0.5) is 0 Å². The number of pyridine rings is 1. The lowest BCUT2D eigenvalue weighted by atomic mass is 10.1. The molecule has 6 heteroatoms. The number of ether oxygens (including phenoxy) is 1. The first kappa shape index (κ1) is 17.2. The highest BCUT2D eigenvalue weighted by Crippen LogP contribution is 2.29. The lowest BCUT2D eigenvalue weighted by molar-refractivity contribution is 0.306. The van der Waals surface area contributed by atoms with Crippen LogP contribution in [0.25, 0.3) is 22.9 Å². The molecule has 4 aromatic rings. The van der Waals surface area contributed by atoms with Crippen LogP contribution in [0.3, 0.4) is 0 Å². The van der Waals surface area contributed by atoms with Crippen LogP contribution < -0.4 is 4.74 Å². The van der Waals surface area contributed by atoms with Gasteiger partial charge in [-0.3, -0.25) is 0 Å². The van der Waals surface area contributed by atoms with Crippen LogP contribution >= 0.6 is 11.6 Å². The molecule has 0 unspecified atom stereocenters. The molecule has 0 fully saturated rings. The molecule has 134 valence electrons. The quantitative estimate of drug-likeness (QED) is 0.439. The minimum absolute atomic E-state index is 0.323. The summed E-state index contributed by atoms with van der Waals surface area (Å²) in [5, 5.41) is 8.61. The largest absolute Gasteiger partial charge is 0.489 e. The van der Waals surface area contributed by atoms with Crippen molar-refractivity contribution < 1.29 is 9.15 Å². The summed E-state index contributed by atoms with van der Waals surface area (Å²) < 4.78 is 11.7. The third-order valence-corrected chi connectivity index (χ3v) is 4.38. The number of nitrogens with zero attached hydrogens (tertiary/aromatic N) is 3. The van der Waals surface area contributed by atoms with E-state index in [9.17, 15) is 0 Å². The fourth-order valence-corrected chi connectivity index (χ4v) is 2.84. The molecule has 0 spiro atoms. The number of rotatable bonds is 5. The Morgan fingerprint density at radius 1 is 0.889 bits per heavy atom. The van der Waals surface area contributed by atoms with Crippen LogP contribution in [0.5, 0.6) is 5.75 Å². The Morgan fingerprint density at radius 2 is 1.59 bits per heavy atom. The average Bonchev–Trinajstić information content (AvgIpc) is 3.18. The maximum atomic E-state index is 6.12. The lowest BCUT2D eigenvalue weighted by Gasteiger charge is -2.09. The first-order valence-corrected chi connectivity index (χ1v) is 8.80. The van der Waals surface area contributed by atoms with Gasteiger partial charge in [-0.2, -0.15) is 0 Å². The Kier molecular flexibility index (Phi) is 4.85. The predicted molar refractivity (Wildman–Crippen MR) is 103 cm³/mol. The third kappa shape index (κ3) is 3.83. The minimum Gasteiger partial charge on any atom is -0.489 e. The monoisotopic (exact) mass is 377 g/mol. The molecule has 2 aromatic heterocycles. The fraction of sp³-hybridized carbons (Fsp3) is 0.0952. The number of halogens is 1. The molecular weight excluding hydrogens is 362 g/mol. The van der Waals surface area contributed by atoms with Gasteiger partial charge >= 0.3 is 0 Å². The number of aromatic nitrogens is 3. The van der Waals surface area contributed by atoms with Crippen LogP contribution in [0.1, 0.15) is 11.1 Å². The van der Waals surface area contributed by atoms with E-state index in [0.717, 1.165) is 16.9 Å². The van der Waals surface area contributed by atoms with Crippen molar-refractivity contribution >= 4 is 11.6 Å². The van der Waals surface area contributed by atoms with Gasteiger partial charge < -0.3 is 9.15 Å². The van der Waals surface area contributed by atoms with Gasteiger partial charge in [-0.05, 0) is 37.3 Å². The van der Waals surface area contributed by atoms with Crippen LogP contribution in [0.15, 0.2) is 71.3 Å². The molecule has 2 aromatic carbocycles. The highest BCUT2D eigenvalue weighted by molar-refractivity contribution is 6.31. The van der Waals surface area contributed by atoms with Gasteiger partial charge in [-0.15, -0.1) is 10.2 Å². The van der Waals surface area contributed by atoms with Crippen molar-refractivity contribution in [3.8, 4) is 28.7 Å². The molecule has 0 saturated carbocycles. The SMILES string of the molecule is Cc1ccc(OCc2ccccc2-c2nnc(-c3cccnc3Cl)o2)cc1. The van der Waals surface area contributed by atoms with Gasteiger partial charge in [-0.25, -0.2) is 4.98 Å². The second kappa shape index (κ2) is 7.60. The topological polar surface area (TPSA) is 61.0 Å². The molecule has 0 saturated heterocycles. The van der Waals surface area contributed by atoms with E-state index in [1.807, 2.05) is 55.5 Å². The number of hydrogen-bond donors (Lipinski definition) is 0. The Bertz CT molecular complexity index is 1060. The van der Waals surface area contributed by atoms with E-state index in [0.29, 0.717) is 29.1 Å². The maximum absolute atomic E-state index is 6.12. The summed E-state index contributed by atoms with van der Waals surface area (Å²) in [4.78, 5) is 4.04. The predicted octanol–water partition coefficient (Wildman–Crippen LogP) is 5.34. The third-order valence-electron chi connectivity index (χ3n) is 4.08. The molecule has 0 amide bonds. The molecule has 0 atom stereocenters. The zero-order valence-electron chi connectivity index (χ0n) is 14.6. The number of benzene rings is 2. The van der Waals surface area contributed by atoms with Crippen LogP contribution in [-0.4, -0.2) is 15.2 Å². The van der Waals surface area contributed by atoms with E-state index in [-0.39, 0.29) is 0 Å².